The van der Waals surface area contributed by atoms with E-state index in [1.165, 1.54) is 32.1 Å². The van der Waals surface area contributed by atoms with Gasteiger partial charge < -0.3 is 5.11 Å². The van der Waals surface area contributed by atoms with Crippen molar-refractivity contribution in [2.24, 2.45) is 5.41 Å². The van der Waals surface area contributed by atoms with Gasteiger partial charge in [0.15, 0.2) is 0 Å². The standard InChI is InChI=1S/C16H28N2O/c1-13(19)11-16(2,3)12-14-9-10-18(17-14)15-7-5-4-6-8-15/h9-10,13,15,19H,4-8,11-12H2,1-3H3. The van der Waals surface area contributed by atoms with E-state index in [9.17, 15) is 5.11 Å². The van der Waals surface area contributed by atoms with Gasteiger partial charge in [-0.05, 0) is 44.1 Å². The van der Waals surface area contributed by atoms with E-state index in [1.54, 1.807) is 0 Å². The molecular formula is C16H28N2O. The Hall–Kier alpha value is -0.830. The zero-order chi connectivity index (χ0) is 13.9. The molecule has 0 saturated heterocycles. The maximum atomic E-state index is 9.55. The summed E-state index contributed by atoms with van der Waals surface area (Å²) in [6, 6.07) is 2.76. The predicted octanol–water partition coefficient (Wildman–Crippen LogP) is 3.73. The quantitative estimate of drug-likeness (QED) is 0.880. The zero-order valence-electron chi connectivity index (χ0n) is 12.6. The number of rotatable bonds is 5. The van der Waals surface area contributed by atoms with Crippen molar-refractivity contribution >= 4 is 0 Å². The molecule has 0 spiro atoms. The summed E-state index contributed by atoms with van der Waals surface area (Å²) in [4.78, 5) is 0. The third-order valence-electron chi connectivity index (χ3n) is 4.12. The van der Waals surface area contributed by atoms with E-state index in [0.717, 1.165) is 18.5 Å². The summed E-state index contributed by atoms with van der Waals surface area (Å²) < 4.78 is 2.17. The molecule has 1 N–H and O–H groups in total. The van der Waals surface area contributed by atoms with Gasteiger partial charge in [-0.1, -0.05) is 33.1 Å². The molecular weight excluding hydrogens is 236 g/mol. The van der Waals surface area contributed by atoms with Crippen LogP contribution < -0.4 is 0 Å². The molecule has 0 aromatic carbocycles. The van der Waals surface area contributed by atoms with Gasteiger partial charge >= 0.3 is 0 Å². The summed E-state index contributed by atoms with van der Waals surface area (Å²) in [6.45, 7) is 6.28. The van der Waals surface area contributed by atoms with Crippen LogP contribution in [0.2, 0.25) is 0 Å². The van der Waals surface area contributed by atoms with Gasteiger partial charge in [-0.3, -0.25) is 4.68 Å². The third-order valence-corrected chi connectivity index (χ3v) is 4.12. The Balaban J connectivity index is 1.96. The average molecular weight is 264 g/mol. The lowest BCUT2D eigenvalue weighted by Gasteiger charge is -2.25. The van der Waals surface area contributed by atoms with Crippen molar-refractivity contribution in [1.29, 1.82) is 0 Å². The third kappa shape index (κ3) is 4.34. The number of hydrogen-bond donors (Lipinski definition) is 1. The Morgan fingerprint density at radius 2 is 2.05 bits per heavy atom. The minimum Gasteiger partial charge on any atom is -0.393 e. The Kier molecular flexibility index (Phi) is 4.67. The van der Waals surface area contributed by atoms with Crippen LogP contribution in [0.25, 0.3) is 0 Å². The van der Waals surface area contributed by atoms with Crippen LogP contribution in [0, 0.1) is 5.41 Å². The normalized spacial score (nSPS) is 19.6. The molecule has 108 valence electrons. The van der Waals surface area contributed by atoms with Crippen molar-refractivity contribution in [3.05, 3.63) is 18.0 Å². The van der Waals surface area contributed by atoms with Gasteiger partial charge in [-0.2, -0.15) is 5.10 Å². The molecule has 1 saturated carbocycles. The van der Waals surface area contributed by atoms with Crippen molar-refractivity contribution in [3.63, 3.8) is 0 Å². The second-order valence-electron chi connectivity index (χ2n) is 6.97. The molecule has 1 aliphatic carbocycles. The van der Waals surface area contributed by atoms with Crippen LogP contribution in [0.3, 0.4) is 0 Å². The first-order chi connectivity index (χ1) is 8.96. The van der Waals surface area contributed by atoms with E-state index >= 15 is 0 Å². The number of aliphatic hydroxyl groups excluding tert-OH is 1. The number of nitrogens with zero attached hydrogens (tertiary/aromatic N) is 2. The first kappa shape index (κ1) is 14.6. The van der Waals surface area contributed by atoms with Gasteiger partial charge in [0.05, 0.1) is 17.8 Å². The topological polar surface area (TPSA) is 38.0 Å². The molecule has 1 fully saturated rings. The average Bonchev–Trinajstić information content (AvgIpc) is 2.76. The molecule has 3 nitrogen and oxygen atoms in total. The molecule has 1 aromatic heterocycles. The van der Waals surface area contributed by atoms with Crippen LogP contribution in [0.5, 0.6) is 0 Å². The van der Waals surface area contributed by atoms with Crippen molar-refractivity contribution in [1.82, 2.24) is 9.78 Å². The Morgan fingerprint density at radius 3 is 2.68 bits per heavy atom. The van der Waals surface area contributed by atoms with Gasteiger partial charge in [0, 0.05) is 6.20 Å². The van der Waals surface area contributed by atoms with Crippen LogP contribution in [0.1, 0.15) is 71.0 Å². The highest BCUT2D eigenvalue weighted by molar-refractivity contribution is 5.03. The highest BCUT2D eigenvalue weighted by Gasteiger charge is 2.23. The SMILES string of the molecule is CC(O)CC(C)(C)Cc1ccn(C2CCCCC2)n1. The molecule has 1 heterocycles. The maximum Gasteiger partial charge on any atom is 0.0630 e. The zero-order valence-corrected chi connectivity index (χ0v) is 12.6. The van der Waals surface area contributed by atoms with Gasteiger partial charge in [-0.15, -0.1) is 0 Å². The van der Waals surface area contributed by atoms with Crippen LogP contribution in [0.15, 0.2) is 12.3 Å². The maximum absolute atomic E-state index is 9.55. The first-order valence-corrected chi connectivity index (χ1v) is 7.68. The van der Waals surface area contributed by atoms with E-state index in [4.69, 9.17) is 5.10 Å². The van der Waals surface area contributed by atoms with Gasteiger partial charge in [-0.25, -0.2) is 0 Å². The fourth-order valence-corrected chi connectivity index (χ4v) is 3.38. The van der Waals surface area contributed by atoms with Gasteiger partial charge in [0.25, 0.3) is 0 Å². The molecule has 1 atom stereocenters. The number of aromatic nitrogens is 2. The number of aliphatic hydroxyl groups is 1. The predicted molar refractivity (Wildman–Crippen MR) is 78.1 cm³/mol. The van der Waals surface area contributed by atoms with Crippen molar-refractivity contribution < 1.29 is 5.11 Å². The second-order valence-corrected chi connectivity index (χ2v) is 6.97. The summed E-state index contributed by atoms with van der Waals surface area (Å²) in [5.41, 5.74) is 1.27. The molecule has 1 aliphatic rings. The van der Waals surface area contributed by atoms with E-state index < -0.39 is 0 Å². The number of hydrogen-bond acceptors (Lipinski definition) is 2. The Bertz CT molecular complexity index is 389. The summed E-state index contributed by atoms with van der Waals surface area (Å²) in [5, 5.41) is 14.3. The molecule has 0 aliphatic heterocycles. The minimum absolute atomic E-state index is 0.111. The van der Waals surface area contributed by atoms with Crippen LogP contribution >= 0.6 is 0 Å². The Morgan fingerprint density at radius 1 is 1.37 bits per heavy atom. The summed E-state index contributed by atoms with van der Waals surface area (Å²) in [5.74, 6) is 0. The van der Waals surface area contributed by atoms with E-state index in [-0.39, 0.29) is 11.5 Å². The molecule has 3 heteroatoms. The molecule has 19 heavy (non-hydrogen) atoms. The molecule has 1 unspecified atom stereocenters. The van der Waals surface area contributed by atoms with Gasteiger partial charge in [0.2, 0.25) is 0 Å². The van der Waals surface area contributed by atoms with Crippen molar-refractivity contribution in [3.8, 4) is 0 Å². The lowest BCUT2D eigenvalue weighted by Crippen LogP contribution is -2.21. The van der Waals surface area contributed by atoms with Crippen molar-refractivity contribution in [2.75, 3.05) is 0 Å². The van der Waals surface area contributed by atoms with E-state index in [1.807, 2.05) is 6.92 Å². The molecule has 2 rings (SSSR count). The molecule has 1 aromatic rings. The summed E-state index contributed by atoms with van der Waals surface area (Å²) >= 11 is 0. The largest absolute Gasteiger partial charge is 0.393 e. The van der Waals surface area contributed by atoms with Crippen LogP contribution in [0.4, 0.5) is 0 Å². The lowest BCUT2D eigenvalue weighted by atomic mass is 9.82. The smallest absolute Gasteiger partial charge is 0.0630 e. The monoisotopic (exact) mass is 264 g/mol. The van der Waals surface area contributed by atoms with E-state index in [0.29, 0.717) is 6.04 Å². The molecule has 0 radical (unpaired) electrons. The summed E-state index contributed by atoms with van der Waals surface area (Å²) in [7, 11) is 0. The Labute approximate surface area is 117 Å². The van der Waals surface area contributed by atoms with Gasteiger partial charge in [0.1, 0.15) is 0 Å². The van der Waals surface area contributed by atoms with Crippen molar-refractivity contribution in [2.45, 2.75) is 77.9 Å². The lowest BCUT2D eigenvalue weighted by molar-refractivity contribution is 0.129. The van der Waals surface area contributed by atoms with Crippen LogP contribution in [-0.4, -0.2) is 21.0 Å². The summed E-state index contributed by atoms with van der Waals surface area (Å²) in [6.07, 6.45) is 10.3. The highest BCUT2D eigenvalue weighted by atomic mass is 16.3. The minimum atomic E-state index is -0.240. The fraction of sp³-hybridized carbons (Fsp3) is 0.812. The van der Waals surface area contributed by atoms with E-state index in [2.05, 4.69) is 30.8 Å². The highest BCUT2D eigenvalue weighted by Crippen LogP contribution is 2.30. The second kappa shape index (κ2) is 6.08. The van der Waals surface area contributed by atoms with Crippen LogP contribution in [-0.2, 0) is 6.42 Å². The first-order valence-electron chi connectivity index (χ1n) is 7.68. The molecule has 0 amide bonds. The fourth-order valence-electron chi connectivity index (χ4n) is 3.38. The molecule has 0 bridgehead atoms.